The fourth-order valence-corrected chi connectivity index (χ4v) is 1.24. The monoisotopic (exact) mass is 202 g/mol. The number of ketones is 1. The largest absolute Gasteiger partial charge is 0.299 e. The lowest BCUT2D eigenvalue weighted by molar-refractivity contribution is -0.104. The third kappa shape index (κ3) is 3.17. The van der Waals surface area contributed by atoms with Crippen LogP contribution in [0.15, 0.2) is 30.3 Å². The van der Waals surface area contributed by atoms with Gasteiger partial charge >= 0.3 is 0 Å². The summed E-state index contributed by atoms with van der Waals surface area (Å²) in [6.07, 6.45) is 3.86. The van der Waals surface area contributed by atoms with Crippen LogP contribution < -0.4 is 0 Å². The summed E-state index contributed by atoms with van der Waals surface area (Å²) < 4.78 is 0. The molecule has 2 nitrogen and oxygen atoms in total. The number of carbonyl (C=O) groups is 2. The molecule has 2 heteroatoms. The Morgan fingerprint density at radius 1 is 1.20 bits per heavy atom. The van der Waals surface area contributed by atoms with E-state index >= 15 is 0 Å². The number of hydrogen-bond donors (Lipinski definition) is 0. The Hall–Kier alpha value is -1.70. The van der Waals surface area contributed by atoms with Gasteiger partial charge in [0, 0.05) is 11.5 Å². The van der Waals surface area contributed by atoms with Gasteiger partial charge in [-0.1, -0.05) is 44.2 Å². The van der Waals surface area contributed by atoms with Crippen molar-refractivity contribution in [2.24, 2.45) is 5.92 Å². The fourth-order valence-electron chi connectivity index (χ4n) is 1.24. The Labute approximate surface area is 89.6 Å². The molecule has 0 saturated carbocycles. The minimum atomic E-state index is 0.0152. The minimum absolute atomic E-state index is 0.0152. The van der Waals surface area contributed by atoms with Crippen LogP contribution in [0, 0.1) is 5.92 Å². The van der Waals surface area contributed by atoms with Gasteiger partial charge in [-0.3, -0.25) is 9.59 Å². The molecule has 0 saturated heterocycles. The standard InChI is InChI=1S/C13H14O2/c1-10(2)13(15)12-7-5-11(6-8-12)4-3-9-14/h3-10H,1-2H3. The number of rotatable bonds is 4. The van der Waals surface area contributed by atoms with Gasteiger partial charge < -0.3 is 0 Å². The first-order valence-electron chi connectivity index (χ1n) is 4.91. The van der Waals surface area contributed by atoms with Gasteiger partial charge in [0.2, 0.25) is 0 Å². The molecule has 0 spiro atoms. The van der Waals surface area contributed by atoms with Crippen molar-refractivity contribution in [1.29, 1.82) is 0 Å². The van der Waals surface area contributed by atoms with Crippen molar-refractivity contribution in [1.82, 2.24) is 0 Å². The third-order valence-corrected chi connectivity index (χ3v) is 2.09. The predicted molar refractivity (Wildman–Crippen MR) is 60.7 cm³/mol. The van der Waals surface area contributed by atoms with E-state index in [2.05, 4.69) is 0 Å². The lowest BCUT2D eigenvalue weighted by Gasteiger charge is -2.03. The van der Waals surface area contributed by atoms with E-state index in [-0.39, 0.29) is 11.7 Å². The van der Waals surface area contributed by atoms with Crippen LogP contribution in [0.4, 0.5) is 0 Å². The zero-order valence-corrected chi connectivity index (χ0v) is 8.94. The molecular formula is C13H14O2. The lowest BCUT2D eigenvalue weighted by Crippen LogP contribution is -2.06. The van der Waals surface area contributed by atoms with Crippen molar-refractivity contribution >= 4 is 18.1 Å². The summed E-state index contributed by atoms with van der Waals surface area (Å²) in [7, 11) is 0. The van der Waals surface area contributed by atoms with Crippen molar-refractivity contribution in [3.63, 3.8) is 0 Å². The van der Waals surface area contributed by atoms with E-state index < -0.39 is 0 Å². The molecule has 78 valence electrons. The number of hydrogen-bond acceptors (Lipinski definition) is 2. The van der Waals surface area contributed by atoms with Gasteiger partial charge in [-0.2, -0.15) is 0 Å². The Kier molecular flexibility index (Phi) is 3.98. The van der Waals surface area contributed by atoms with Gasteiger partial charge in [0.05, 0.1) is 0 Å². The maximum Gasteiger partial charge on any atom is 0.165 e. The smallest absolute Gasteiger partial charge is 0.165 e. The van der Waals surface area contributed by atoms with Crippen LogP contribution >= 0.6 is 0 Å². The van der Waals surface area contributed by atoms with Gasteiger partial charge in [-0.15, -0.1) is 0 Å². The highest BCUT2D eigenvalue weighted by molar-refractivity contribution is 5.97. The first kappa shape index (κ1) is 11.4. The molecule has 0 heterocycles. The number of carbonyl (C=O) groups excluding carboxylic acids is 2. The van der Waals surface area contributed by atoms with Gasteiger partial charge in [-0.25, -0.2) is 0 Å². The quantitative estimate of drug-likeness (QED) is 0.427. The topological polar surface area (TPSA) is 34.1 Å². The SMILES string of the molecule is CC(C)C(=O)c1ccc(C=CC=O)cc1. The van der Waals surface area contributed by atoms with E-state index in [0.717, 1.165) is 11.8 Å². The molecule has 0 fully saturated rings. The van der Waals surface area contributed by atoms with Crippen LogP contribution in [0.25, 0.3) is 6.08 Å². The summed E-state index contributed by atoms with van der Waals surface area (Å²) in [6, 6.07) is 7.23. The summed E-state index contributed by atoms with van der Waals surface area (Å²) in [5, 5.41) is 0. The Balaban J connectivity index is 2.85. The van der Waals surface area contributed by atoms with Crippen LogP contribution in [0.1, 0.15) is 29.8 Å². The third-order valence-electron chi connectivity index (χ3n) is 2.09. The summed E-state index contributed by atoms with van der Waals surface area (Å²) >= 11 is 0. The normalized spacial score (nSPS) is 10.9. The van der Waals surface area contributed by atoms with Gasteiger partial charge in [0.15, 0.2) is 5.78 Å². The molecule has 0 atom stereocenters. The second-order valence-electron chi connectivity index (χ2n) is 3.64. The second-order valence-corrected chi connectivity index (χ2v) is 3.64. The number of allylic oxidation sites excluding steroid dienone is 1. The summed E-state index contributed by atoms with van der Waals surface area (Å²) in [6.45, 7) is 3.76. The second kappa shape index (κ2) is 5.25. The molecule has 1 aromatic rings. The lowest BCUT2D eigenvalue weighted by atomic mass is 10.00. The van der Waals surface area contributed by atoms with Crippen molar-refractivity contribution in [2.75, 3.05) is 0 Å². The highest BCUT2D eigenvalue weighted by atomic mass is 16.1. The maximum absolute atomic E-state index is 11.6. The van der Waals surface area contributed by atoms with Crippen LogP contribution in [0.2, 0.25) is 0 Å². The molecule has 0 amide bonds. The van der Waals surface area contributed by atoms with Crippen LogP contribution in [0.5, 0.6) is 0 Å². The fraction of sp³-hybridized carbons (Fsp3) is 0.231. The average Bonchev–Trinajstić information content (AvgIpc) is 2.26. The predicted octanol–water partition coefficient (Wildman–Crippen LogP) is 2.74. The van der Waals surface area contributed by atoms with E-state index in [1.165, 1.54) is 6.08 Å². The van der Waals surface area contributed by atoms with Crippen LogP contribution in [-0.4, -0.2) is 12.1 Å². The molecular weight excluding hydrogens is 188 g/mol. The van der Waals surface area contributed by atoms with E-state index in [1.807, 2.05) is 26.0 Å². The highest BCUT2D eigenvalue weighted by Gasteiger charge is 2.08. The zero-order valence-electron chi connectivity index (χ0n) is 8.94. The minimum Gasteiger partial charge on any atom is -0.299 e. The van der Waals surface area contributed by atoms with Crippen molar-refractivity contribution in [2.45, 2.75) is 13.8 Å². The van der Waals surface area contributed by atoms with Crippen molar-refractivity contribution in [3.05, 3.63) is 41.5 Å². The van der Waals surface area contributed by atoms with Gasteiger partial charge in [-0.05, 0) is 11.6 Å². The number of aldehydes is 1. The molecule has 0 aliphatic carbocycles. The van der Waals surface area contributed by atoms with Crippen molar-refractivity contribution in [3.8, 4) is 0 Å². The molecule has 0 aromatic heterocycles. The van der Waals surface area contributed by atoms with E-state index in [4.69, 9.17) is 0 Å². The number of Topliss-reactive ketones (excluding diaryl/α,β-unsaturated/α-hetero) is 1. The molecule has 15 heavy (non-hydrogen) atoms. The van der Waals surface area contributed by atoms with Crippen molar-refractivity contribution < 1.29 is 9.59 Å². The summed E-state index contributed by atoms with van der Waals surface area (Å²) in [5.74, 6) is 0.155. The van der Waals surface area contributed by atoms with E-state index in [1.54, 1.807) is 18.2 Å². The zero-order chi connectivity index (χ0) is 11.3. The first-order valence-corrected chi connectivity index (χ1v) is 4.91. The highest BCUT2D eigenvalue weighted by Crippen LogP contribution is 2.10. The molecule has 0 aliphatic heterocycles. The molecule has 0 aliphatic rings. The Morgan fingerprint density at radius 3 is 2.27 bits per heavy atom. The van der Waals surface area contributed by atoms with Crippen LogP contribution in [-0.2, 0) is 4.79 Å². The average molecular weight is 202 g/mol. The summed E-state index contributed by atoms with van der Waals surface area (Å²) in [4.78, 5) is 21.7. The molecule has 1 aromatic carbocycles. The van der Waals surface area contributed by atoms with Crippen LogP contribution in [0.3, 0.4) is 0 Å². The maximum atomic E-state index is 11.6. The van der Waals surface area contributed by atoms with E-state index in [9.17, 15) is 9.59 Å². The van der Waals surface area contributed by atoms with Gasteiger partial charge in [0.1, 0.15) is 6.29 Å². The molecule has 0 N–H and O–H groups in total. The Morgan fingerprint density at radius 2 is 1.80 bits per heavy atom. The van der Waals surface area contributed by atoms with E-state index in [0.29, 0.717) is 5.56 Å². The molecule has 1 rings (SSSR count). The molecule has 0 bridgehead atoms. The number of benzene rings is 1. The molecule has 0 radical (unpaired) electrons. The first-order chi connectivity index (χ1) is 7.15. The summed E-state index contributed by atoms with van der Waals surface area (Å²) in [5.41, 5.74) is 1.63. The van der Waals surface area contributed by atoms with Gasteiger partial charge in [0.25, 0.3) is 0 Å². The Bertz CT molecular complexity index is 372. The molecule has 0 unspecified atom stereocenters.